The van der Waals surface area contributed by atoms with Crippen LogP contribution < -0.4 is 5.46 Å². The van der Waals surface area contributed by atoms with Gasteiger partial charge in [-0.15, -0.1) is 0 Å². The molecule has 0 unspecified atom stereocenters. The Balaban J connectivity index is 0.00000162. The first-order valence-electron chi connectivity index (χ1n) is 5.24. The van der Waals surface area contributed by atoms with E-state index in [1.54, 1.807) is 36.4 Å². The molecule has 2 N–H and O–H groups in total. The van der Waals surface area contributed by atoms with Crippen LogP contribution in [0, 0.1) is 0 Å². The molecule has 0 saturated carbocycles. The molecule has 2 rings (SSSR count). The number of carbonyl (C=O) groups is 1. The summed E-state index contributed by atoms with van der Waals surface area (Å²) in [4.78, 5) is 12.0. The molecule has 17 heavy (non-hydrogen) atoms. The molecule has 2 aromatic carbocycles. The molecule has 0 radical (unpaired) electrons. The molecular weight excluding hydrogens is 215 g/mol. The highest BCUT2D eigenvalue weighted by Crippen LogP contribution is 2.08. The summed E-state index contributed by atoms with van der Waals surface area (Å²) in [5.74, 6) is -0.0791. The summed E-state index contributed by atoms with van der Waals surface area (Å²) >= 11 is 0. The lowest BCUT2D eigenvalue weighted by Gasteiger charge is -2.03. The average molecular weight is 230 g/mol. The SMILES string of the molecule is O=C(c1ccccc1)c1ccc(B(O)O)cc1.[HH].[HH]. The third kappa shape index (κ3) is 2.61. The molecule has 0 aliphatic carbocycles. The smallest absolute Gasteiger partial charge is 0.423 e. The molecule has 4 heteroatoms. The van der Waals surface area contributed by atoms with Crippen molar-refractivity contribution < 1.29 is 17.7 Å². The van der Waals surface area contributed by atoms with Crippen LogP contribution in [0.2, 0.25) is 0 Å². The van der Waals surface area contributed by atoms with E-state index in [0.717, 1.165) is 0 Å². The van der Waals surface area contributed by atoms with Crippen LogP contribution in [0.15, 0.2) is 54.6 Å². The van der Waals surface area contributed by atoms with Crippen LogP contribution in [0.4, 0.5) is 0 Å². The van der Waals surface area contributed by atoms with E-state index in [1.165, 1.54) is 12.1 Å². The molecule has 88 valence electrons. The fraction of sp³-hybridized carbons (Fsp3) is 0. The number of rotatable bonds is 3. The molecule has 0 spiro atoms. The van der Waals surface area contributed by atoms with Gasteiger partial charge in [0.2, 0.25) is 0 Å². The van der Waals surface area contributed by atoms with E-state index in [2.05, 4.69) is 0 Å². The van der Waals surface area contributed by atoms with Crippen molar-refractivity contribution in [2.45, 2.75) is 0 Å². The molecule has 0 aromatic heterocycles. The molecule has 0 saturated heterocycles. The molecular formula is C13H15BO3. The first-order valence-corrected chi connectivity index (χ1v) is 5.24. The van der Waals surface area contributed by atoms with Crippen molar-refractivity contribution in [2.75, 3.05) is 0 Å². The van der Waals surface area contributed by atoms with Crippen molar-refractivity contribution in [3.63, 3.8) is 0 Å². The van der Waals surface area contributed by atoms with Gasteiger partial charge in [0.15, 0.2) is 5.78 Å². The minimum Gasteiger partial charge on any atom is -0.423 e. The number of carbonyl (C=O) groups excluding carboxylic acids is 1. The van der Waals surface area contributed by atoms with Crippen molar-refractivity contribution in [1.29, 1.82) is 0 Å². The van der Waals surface area contributed by atoms with Gasteiger partial charge in [0.1, 0.15) is 0 Å². The van der Waals surface area contributed by atoms with E-state index in [-0.39, 0.29) is 8.64 Å². The van der Waals surface area contributed by atoms with E-state index in [0.29, 0.717) is 16.6 Å². The fourth-order valence-corrected chi connectivity index (χ4v) is 1.56. The van der Waals surface area contributed by atoms with Crippen LogP contribution in [0.1, 0.15) is 18.8 Å². The summed E-state index contributed by atoms with van der Waals surface area (Å²) in [7, 11) is -1.50. The maximum absolute atomic E-state index is 12.0. The summed E-state index contributed by atoms with van der Waals surface area (Å²) in [6.07, 6.45) is 0. The Kier molecular flexibility index (Phi) is 3.37. The van der Waals surface area contributed by atoms with Gasteiger partial charge < -0.3 is 10.0 Å². The summed E-state index contributed by atoms with van der Waals surface area (Å²) in [5.41, 5.74) is 1.51. The van der Waals surface area contributed by atoms with Crippen LogP contribution >= 0.6 is 0 Å². The Morgan fingerprint density at radius 2 is 1.41 bits per heavy atom. The molecule has 3 nitrogen and oxygen atoms in total. The van der Waals surface area contributed by atoms with Crippen LogP contribution in [0.3, 0.4) is 0 Å². The van der Waals surface area contributed by atoms with Gasteiger partial charge in [-0.2, -0.15) is 0 Å². The molecule has 0 aliphatic heterocycles. The zero-order chi connectivity index (χ0) is 12.3. The number of hydrogen-bond acceptors (Lipinski definition) is 3. The Morgan fingerprint density at radius 1 is 0.882 bits per heavy atom. The van der Waals surface area contributed by atoms with Crippen LogP contribution in [0.5, 0.6) is 0 Å². The number of benzene rings is 2. The van der Waals surface area contributed by atoms with E-state index >= 15 is 0 Å². The highest BCUT2D eigenvalue weighted by atomic mass is 16.4. The van der Waals surface area contributed by atoms with Gasteiger partial charge >= 0.3 is 7.12 Å². The van der Waals surface area contributed by atoms with Gasteiger partial charge in [0, 0.05) is 14.0 Å². The van der Waals surface area contributed by atoms with Crippen LogP contribution in [-0.4, -0.2) is 22.9 Å². The monoisotopic (exact) mass is 230 g/mol. The van der Waals surface area contributed by atoms with Crippen molar-refractivity contribution in [2.24, 2.45) is 0 Å². The topological polar surface area (TPSA) is 57.5 Å². The summed E-state index contributed by atoms with van der Waals surface area (Å²) in [6, 6.07) is 15.2. The second-order valence-electron chi connectivity index (χ2n) is 3.69. The Hall–Kier alpha value is -1.91. The molecule has 0 fully saturated rings. The maximum Gasteiger partial charge on any atom is 0.488 e. The Labute approximate surface area is 102 Å². The van der Waals surface area contributed by atoms with Crippen LogP contribution in [0.25, 0.3) is 0 Å². The first-order chi connectivity index (χ1) is 8.18. The van der Waals surface area contributed by atoms with Gasteiger partial charge in [0.05, 0.1) is 0 Å². The molecule has 0 atom stereocenters. The zero-order valence-corrected chi connectivity index (χ0v) is 9.08. The quantitative estimate of drug-likeness (QED) is 0.612. The standard InChI is InChI=1S/C13H11BO3.2H2/c15-13(10-4-2-1-3-5-10)11-6-8-12(9-7-11)14(16)17;;/h1-9,16-17H;2*1H. The van der Waals surface area contributed by atoms with Crippen molar-refractivity contribution in [3.05, 3.63) is 65.7 Å². The molecule has 0 aliphatic rings. The lowest BCUT2D eigenvalue weighted by atomic mass is 9.80. The zero-order valence-electron chi connectivity index (χ0n) is 9.08. The molecule has 0 bridgehead atoms. The Bertz CT molecular complexity index is 515. The van der Waals surface area contributed by atoms with Crippen molar-refractivity contribution in [3.8, 4) is 0 Å². The predicted octanol–water partition coefficient (Wildman–Crippen LogP) is 1.09. The summed E-state index contributed by atoms with van der Waals surface area (Å²) in [5, 5.41) is 17.9. The lowest BCUT2D eigenvalue weighted by Crippen LogP contribution is -2.29. The largest absolute Gasteiger partial charge is 0.488 e. The fourth-order valence-electron chi connectivity index (χ4n) is 1.56. The second-order valence-corrected chi connectivity index (χ2v) is 3.69. The first kappa shape index (κ1) is 11.6. The van der Waals surface area contributed by atoms with Crippen molar-refractivity contribution in [1.82, 2.24) is 0 Å². The summed E-state index contributed by atoms with van der Waals surface area (Å²) in [6.45, 7) is 0. The van der Waals surface area contributed by atoms with E-state index < -0.39 is 7.12 Å². The molecule has 0 amide bonds. The third-order valence-corrected chi connectivity index (χ3v) is 2.51. The third-order valence-electron chi connectivity index (χ3n) is 2.51. The maximum atomic E-state index is 12.0. The van der Waals surface area contributed by atoms with E-state index in [1.807, 2.05) is 6.07 Å². The van der Waals surface area contributed by atoms with E-state index in [4.69, 9.17) is 10.0 Å². The predicted molar refractivity (Wildman–Crippen MR) is 70.4 cm³/mol. The second kappa shape index (κ2) is 4.95. The minimum absolute atomic E-state index is 0. The highest BCUT2D eigenvalue weighted by Gasteiger charge is 2.12. The Morgan fingerprint density at radius 3 is 1.94 bits per heavy atom. The van der Waals surface area contributed by atoms with Gasteiger partial charge in [-0.25, -0.2) is 0 Å². The molecule has 2 aromatic rings. The summed E-state index contributed by atoms with van der Waals surface area (Å²) < 4.78 is 0. The normalized spacial score (nSPS) is 10.0. The van der Waals surface area contributed by atoms with Gasteiger partial charge in [-0.05, 0) is 5.46 Å². The van der Waals surface area contributed by atoms with Crippen LogP contribution in [-0.2, 0) is 0 Å². The van der Waals surface area contributed by atoms with Gasteiger partial charge in [0.25, 0.3) is 0 Å². The average Bonchev–Trinajstić information content (AvgIpc) is 2.39. The van der Waals surface area contributed by atoms with Gasteiger partial charge in [-0.1, -0.05) is 54.6 Å². The van der Waals surface area contributed by atoms with E-state index in [9.17, 15) is 4.79 Å². The lowest BCUT2D eigenvalue weighted by molar-refractivity contribution is 0.103. The highest BCUT2D eigenvalue weighted by molar-refractivity contribution is 6.58. The molecule has 0 heterocycles. The van der Waals surface area contributed by atoms with Crippen molar-refractivity contribution >= 4 is 18.4 Å². The number of hydrogen-bond donors (Lipinski definition) is 2. The number of ketones is 1. The minimum atomic E-state index is -1.50. The van der Waals surface area contributed by atoms with Gasteiger partial charge in [-0.3, -0.25) is 4.79 Å².